The van der Waals surface area contributed by atoms with E-state index >= 15 is 0 Å². The molecule has 1 N–H and O–H groups in total. The normalized spacial score (nSPS) is 13.7. The summed E-state index contributed by atoms with van der Waals surface area (Å²) in [5.41, 5.74) is 1.78. The summed E-state index contributed by atoms with van der Waals surface area (Å²) in [5.74, 6) is 0.225. The molecule has 2 amide bonds. The Balaban J connectivity index is 1.77. The van der Waals surface area contributed by atoms with Crippen LogP contribution >= 0.6 is 11.6 Å². The number of nitrogens with zero attached hydrogens (tertiary/aromatic N) is 2. The van der Waals surface area contributed by atoms with Crippen molar-refractivity contribution in [1.82, 2.24) is 15.1 Å². The smallest absolute Gasteiger partial charge is 0.247 e. The molecule has 2 aromatic carbocycles. The molecule has 1 aliphatic rings. The lowest BCUT2D eigenvalue weighted by Gasteiger charge is -2.32. The minimum atomic E-state index is -0.708. The van der Waals surface area contributed by atoms with Crippen molar-refractivity contribution in [1.29, 1.82) is 0 Å². The molecule has 186 valence electrons. The molecule has 5 nitrogen and oxygen atoms in total. The predicted molar refractivity (Wildman–Crippen MR) is 143 cm³/mol. The second kappa shape index (κ2) is 13.7. The van der Waals surface area contributed by atoms with E-state index in [-0.39, 0.29) is 11.8 Å². The van der Waals surface area contributed by atoms with Crippen LogP contribution < -0.4 is 5.32 Å². The SMILES string of the molecule is CC(C)CCN(C(=O)CCCN1C=CC=CC1)C(C(=O)NCc1ccccc1)c1ccc(Cl)cc1. The number of halogens is 1. The van der Waals surface area contributed by atoms with Crippen molar-refractivity contribution in [3.05, 3.63) is 95.2 Å². The molecule has 0 aliphatic carbocycles. The summed E-state index contributed by atoms with van der Waals surface area (Å²) in [6.45, 7) is 6.85. The van der Waals surface area contributed by atoms with E-state index in [4.69, 9.17) is 11.6 Å². The first kappa shape index (κ1) is 26.6. The molecule has 35 heavy (non-hydrogen) atoms. The molecular weight excluding hydrogens is 458 g/mol. The number of hydrogen-bond donors (Lipinski definition) is 1. The average molecular weight is 494 g/mol. The Morgan fingerprint density at radius 3 is 2.46 bits per heavy atom. The first-order valence-corrected chi connectivity index (χ1v) is 12.8. The van der Waals surface area contributed by atoms with E-state index < -0.39 is 6.04 Å². The quantitative estimate of drug-likeness (QED) is 0.410. The number of amides is 2. The van der Waals surface area contributed by atoms with Gasteiger partial charge in [-0.15, -0.1) is 0 Å². The van der Waals surface area contributed by atoms with Gasteiger partial charge in [-0.25, -0.2) is 0 Å². The second-order valence-electron chi connectivity index (χ2n) is 9.30. The van der Waals surface area contributed by atoms with Gasteiger partial charge in [0, 0.05) is 37.6 Å². The lowest BCUT2D eigenvalue weighted by Crippen LogP contribution is -2.44. The van der Waals surface area contributed by atoms with Crippen LogP contribution in [0, 0.1) is 5.92 Å². The first-order valence-electron chi connectivity index (χ1n) is 12.4. The molecular formula is C29H36ClN3O2. The van der Waals surface area contributed by atoms with Crippen LogP contribution in [-0.4, -0.2) is 41.2 Å². The fourth-order valence-corrected chi connectivity index (χ4v) is 4.17. The number of carbonyl (C=O) groups excluding carboxylic acids is 2. The topological polar surface area (TPSA) is 52.7 Å². The van der Waals surface area contributed by atoms with Crippen LogP contribution in [-0.2, 0) is 16.1 Å². The number of hydrogen-bond acceptors (Lipinski definition) is 3. The number of benzene rings is 2. The van der Waals surface area contributed by atoms with Crippen molar-refractivity contribution in [3.8, 4) is 0 Å². The number of carbonyl (C=O) groups is 2. The fourth-order valence-electron chi connectivity index (χ4n) is 4.04. The number of allylic oxidation sites excluding steroid dienone is 2. The van der Waals surface area contributed by atoms with Gasteiger partial charge < -0.3 is 15.1 Å². The maximum absolute atomic E-state index is 13.6. The summed E-state index contributed by atoms with van der Waals surface area (Å²) in [7, 11) is 0. The van der Waals surface area contributed by atoms with Gasteiger partial charge in [-0.2, -0.15) is 0 Å². The molecule has 1 aliphatic heterocycles. The summed E-state index contributed by atoms with van der Waals surface area (Å²) < 4.78 is 0. The van der Waals surface area contributed by atoms with E-state index in [9.17, 15) is 9.59 Å². The number of nitrogens with one attached hydrogen (secondary N) is 1. The standard InChI is InChI=1S/C29H36ClN3O2/c1-23(2)17-21-33(27(34)12-9-20-32-18-7-4-8-19-32)28(25-13-15-26(30)16-14-25)29(35)31-22-24-10-5-3-6-11-24/h3-8,10-11,13-16,18,23,28H,9,12,17,19-22H2,1-2H3,(H,31,35). The van der Waals surface area contributed by atoms with Crippen LogP contribution in [0.5, 0.6) is 0 Å². The molecule has 0 radical (unpaired) electrons. The molecule has 0 aromatic heterocycles. The first-order chi connectivity index (χ1) is 16.9. The minimum Gasteiger partial charge on any atom is -0.374 e. The Bertz CT molecular complexity index is 1000. The third-order valence-electron chi connectivity index (χ3n) is 6.04. The summed E-state index contributed by atoms with van der Waals surface area (Å²) in [4.78, 5) is 31.0. The summed E-state index contributed by atoms with van der Waals surface area (Å²) in [5, 5.41) is 3.65. The van der Waals surface area contributed by atoms with Crippen LogP contribution in [0.4, 0.5) is 0 Å². The zero-order valence-electron chi connectivity index (χ0n) is 20.7. The van der Waals surface area contributed by atoms with Crippen LogP contribution in [0.1, 0.15) is 50.3 Å². The van der Waals surface area contributed by atoms with E-state index in [1.165, 1.54) is 0 Å². The zero-order valence-corrected chi connectivity index (χ0v) is 21.5. The predicted octanol–water partition coefficient (Wildman–Crippen LogP) is 5.74. The Morgan fingerprint density at radius 2 is 1.80 bits per heavy atom. The highest BCUT2D eigenvalue weighted by molar-refractivity contribution is 6.30. The Hall–Kier alpha value is -3.05. The highest BCUT2D eigenvalue weighted by atomic mass is 35.5. The van der Waals surface area contributed by atoms with Crippen molar-refractivity contribution in [3.63, 3.8) is 0 Å². The van der Waals surface area contributed by atoms with Gasteiger partial charge in [0.2, 0.25) is 11.8 Å². The molecule has 0 spiro atoms. The molecule has 0 saturated carbocycles. The van der Waals surface area contributed by atoms with Crippen LogP contribution in [0.25, 0.3) is 0 Å². The van der Waals surface area contributed by atoms with Crippen LogP contribution in [0.3, 0.4) is 0 Å². The van der Waals surface area contributed by atoms with Crippen LogP contribution in [0.15, 0.2) is 79.0 Å². The highest BCUT2D eigenvalue weighted by Gasteiger charge is 2.31. The number of rotatable bonds is 12. The fraction of sp³-hybridized carbons (Fsp3) is 0.379. The van der Waals surface area contributed by atoms with Gasteiger partial charge in [0.15, 0.2) is 0 Å². The third kappa shape index (κ3) is 8.59. The van der Waals surface area contributed by atoms with Crippen molar-refractivity contribution in [2.75, 3.05) is 19.6 Å². The lowest BCUT2D eigenvalue weighted by atomic mass is 10.0. The minimum absolute atomic E-state index is 0.00278. The van der Waals surface area contributed by atoms with Crippen molar-refractivity contribution >= 4 is 23.4 Å². The average Bonchev–Trinajstić information content (AvgIpc) is 2.87. The Morgan fingerprint density at radius 1 is 1.06 bits per heavy atom. The van der Waals surface area contributed by atoms with Gasteiger partial charge in [-0.05, 0) is 54.3 Å². The summed E-state index contributed by atoms with van der Waals surface area (Å²) >= 11 is 6.13. The molecule has 0 fully saturated rings. The molecule has 0 bridgehead atoms. The van der Waals surface area contributed by atoms with Crippen molar-refractivity contribution in [2.24, 2.45) is 5.92 Å². The van der Waals surface area contributed by atoms with Gasteiger partial charge in [-0.3, -0.25) is 9.59 Å². The summed E-state index contributed by atoms with van der Waals surface area (Å²) in [6, 6.07) is 16.3. The van der Waals surface area contributed by atoms with E-state index in [1.807, 2.05) is 54.6 Å². The Labute approximate surface area is 214 Å². The van der Waals surface area contributed by atoms with Crippen molar-refractivity contribution < 1.29 is 9.59 Å². The Kier molecular flexibility index (Phi) is 10.4. The van der Waals surface area contributed by atoms with Gasteiger partial charge >= 0.3 is 0 Å². The van der Waals surface area contributed by atoms with Crippen LogP contribution in [0.2, 0.25) is 5.02 Å². The second-order valence-corrected chi connectivity index (χ2v) is 9.73. The largest absolute Gasteiger partial charge is 0.374 e. The highest BCUT2D eigenvalue weighted by Crippen LogP contribution is 2.25. The molecule has 1 heterocycles. The van der Waals surface area contributed by atoms with E-state index in [0.717, 1.165) is 37.1 Å². The van der Waals surface area contributed by atoms with Crippen molar-refractivity contribution in [2.45, 2.75) is 45.7 Å². The van der Waals surface area contributed by atoms with Gasteiger partial charge in [0.25, 0.3) is 0 Å². The summed E-state index contributed by atoms with van der Waals surface area (Å²) in [6.07, 6.45) is 10.1. The maximum Gasteiger partial charge on any atom is 0.247 e. The van der Waals surface area contributed by atoms with Gasteiger partial charge in [-0.1, -0.05) is 80.1 Å². The molecule has 1 unspecified atom stereocenters. The third-order valence-corrected chi connectivity index (χ3v) is 6.29. The monoisotopic (exact) mass is 493 g/mol. The van der Waals surface area contributed by atoms with Gasteiger partial charge in [0.05, 0.1) is 0 Å². The molecule has 3 rings (SSSR count). The maximum atomic E-state index is 13.6. The molecule has 2 aromatic rings. The molecule has 6 heteroatoms. The van der Waals surface area contributed by atoms with Gasteiger partial charge in [0.1, 0.15) is 6.04 Å². The molecule has 0 saturated heterocycles. The van der Waals surface area contributed by atoms with E-state index in [1.54, 1.807) is 17.0 Å². The zero-order chi connectivity index (χ0) is 25.0. The van der Waals surface area contributed by atoms with E-state index in [2.05, 4.69) is 36.3 Å². The molecule has 1 atom stereocenters. The lowest BCUT2D eigenvalue weighted by molar-refractivity contribution is -0.141. The van der Waals surface area contributed by atoms with E-state index in [0.29, 0.717) is 30.5 Å².